The lowest BCUT2D eigenvalue weighted by atomic mass is 9.93. The van der Waals surface area contributed by atoms with Crippen LogP contribution >= 0.6 is 0 Å². The van der Waals surface area contributed by atoms with Crippen molar-refractivity contribution in [3.8, 4) is 5.75 Å². The Hall–Kier alpha value is -2.72. The van der Waals surface area contributed by atoms with Gasteiger partial charge in [0.1, 0.15) is 17.4 Å². The molecule has 1 heterocycles. The number of hydrogen-bond donors (Lipinski definition) is 2. The standard InChI is InChI=1S/C16H15F5N4O2/c17-8-5-9(18)7-12(6-8)27-11-3-1-10(2-4-11)22-14(26)13-23-15(25-24-13)16(19,20)21/h5-7,10-11H,1-4H2,(H,22,26)(H,23,24,25). The zero-order valence-corrected chi connectivity index (χ0v) is 13.8. The first-order valence-corrected chi connectivity index (χ1v) is 8.14. The zero-order chi connectivity index (χ0) is 19.6. The highest BCUT2D eigenvalue weighted by molar-refractivity contribution is 5.90. The smallest absolute Gasteiger partial charge is 0.451 e. The second-order valence-electron chi connectivity index (χ2n) is 6.18. The Bertz CT molecular complexity index is 795. The molecule has 11 heteroatoms. The molecular formula is C16H15F5N4O2. The fourth-order valence-electron chi connectivity index (χ4n) is 2.85. The number of aromatic nitrogens is 3. The summed E-state index contributed by atoms with van der Waals surface area (Å²) < 4.78 is 69.3. The van der Waals surface area contributed by atoms with E-state index in [0.29, 0.717) is 25.7 Å². The maximum atomic E-state index is 13.2. The van der Waals surface area contributed by atoms with Crippen molar-refractivity contribution < 1.29 is 31.5 Å². The predicted molar refractivity (Wildman–Crippen MR) is 81.9 cm³/mol. The fourth-order valence-corrected chi connectivity index (χ4v) is 2.85. The van der Waals surface area contributed by atoms with Crippen molar-refractivity contribution >= 4 is 5.91 Å². The highest BCUT2D eigenvalue weighted by Crippen LogP contribution is 2.27. The SMILES string of the molecule is O=C(NC1CCC(Oc2cc(F)cc(F)c2)CC1)c1n[nH]c(C(F)(F)F)n1. The van der Waals surface area contributed by atoms with E-state index in [9.17, 15) is 26.7 Å². The number of H-pyrrole nitrogens is 1. The number of alkyl halides is 3. The lowest BCUT2D eigenvalue weighted by molar-refractivity contribution is -0.144. The van der Waals surface area contributed by atoms with Gasteiger partial charge in [-0.05, 0) is 25.7 Å². The minimum absolute atomic E-state index is 0.0837. The minimum Gasteiger partial charge on any atom is -0.490 e. The van der Waals surface area contributed by atoms with Gasteiger partial charge in [0.05, 0.1) is 6.10 Å². The van der Waals surface area contributed by atoms with Crippen molar-refractivity contribution in [3.05, 3.63) is 41.5 Å². The van der Waals surface area contributed by atoms with Gasteiger partial charge < -0.3 is 10.1 Å². The molecule has 0 radical (unpaired) electrons. The molecule has 0 bridgehead atoms. The molecule has 3 rings (SSSR count). The molecular weight excluding hydrogens is 375 g/mol. The number of nitrogens with one attached hydrogen (secondary N) is 2. The minimum atomic E-state index is -4.71. The number of benzene rings is 1. The van der Waals surface area contributed by atoms with Gasteiger partial charge in [-0.15, -0.1) is 5.10 Å². The van der Waals surface area contributed by atoms with Gasteiger partial charge in [-0.3, -0.25) is 9.89 Å². The van der Waals surface area contributed by atoms with Crippen molar-refractivity contribution in [2.24, 2.45) is 0 Å². The highest BCUT2D eigenvalue weighted by Gasteiger charge is 2.36. The molecule has 1 saturated carbocycles. The van der Waals surface area contributed by atoms with Crippen LogP contribution in [0.1, 0.15) is 42.1 Å². The third kappa shape index (κ3) is 4.92. The number of halogens is 5. The first-order valence-electron chi connectivity index (χ1n) is 8.14. The molecule has 0 saturated heterocycles. The molecule has 0 spiro atoms. The second kappa shape index (κ2) is 7.49. The van der Waals surface area contributed by atoms with E-state index < -0.39 is 35.4 Å². The van der Waals surface area contributed by atoms with Crippen LogP contribution in [0.15, 0.2) is 18.2 Å². The van der Waals surface area contributed by atoms with Crippen LogP contribution in [0.4, 0.5) is 22.0 Å². The van der Waals surface area contributed by atoms with Gasteiger partial charge >= 0.3 is 6.18 Å². The number of carbonyl (C=O) groups is 1. The molecule has 0 atom stereocenters. The van der Waals surface area contributed by atoms with E-state index in [2.05, 4.69) is 15.4 Å². The van der Waals surface area contributed by atoms with Crippen LogP contribution in [0.2, 0.25) is 0 Å². The number of carbonyl (C=O) groups excluding carboxylic acids is 1. The average Bonchev–Trinajstić information content (AvgIpc) is 3.06. The van der Waals surface area contributed by atoms with Crippen LogP contribution in [0.5, 0.6) is 5.75 Å². The van der Waals surface area contributed by atoms with E-state index in [0.717, 1.165) is 18.2 Å². The summed E-state index contributed by atoms with van der Waals surface area (Å²) in [6.45, 7) is 0. The first kappa shape index (κ1) is 19.1. The molecule has 1 aliphatic rings. The molecule has 2 N–H and O–H groups in total. The van der Waals surface area contributed by atoms with Gasteiger partial charge in [0.15, 0.2) is 0 Å². The summed E-state index contributed by atoms with van der Waals surface area (Å²) in [6.07, 6.45) is -3.00. The summed E-state index contributed by atoms with van der Waals surface area (Å²) in [5, 5.41) is 7.53. The summed E-state index contributed by atoms with van der Waals surface area (Å²) in [6, 6.07) is 2.62. The van der Waals surface area contributed by atoms with Crippen LogP contribution in [-0.4, -0.2) is 33.2 Å². The number of aromatic amines is 1. The fraction of sp³-hybridized carbons (Fsp3) is 0.438. The maximum absolute atomic E-state index is 13.2. The Balaban J connectivity index is 1.50. The van der Waals surface area contributed by atoms with Crippen LogP contribution in [0, 0.1) is 11.6 Å². The van der Waals surface area contributed by atoms with E-state index in [4.69, 9.17) is 4.74 Å². The quantitative estimate of drug-likeness (QED) is 0.786. The topological polar surface area (TPSA) is 79.9 Å². The highest BCUT2D eigenvalue weighted by atomic mass is 19.4. The Kier molecular flexibility index (Phi) is 5.29. The van der Waals surface area contributed by atoms with Crippen LogP contribution < -0.4 is 10.1 Å². The Labute approximate surface area is 150 Å². The van der Waals surface area contributed by atoms with Crippen molar-refractivity contribution in [2.45, 2.75) is 44.0 Å². The van der Waals surface area contributed by atoms with Gasteiger partial charge in [-0.1, -0.05) is 0 Å². The van der Waals surface area contributed by atoms with Gasteiger partial charge in [0.25, 0.3) is 5.91 Å². The first-order chi connectivity index (χ1) is 12.7. The third-order valence-corrected chi connectivity index (χ3v) is 4.11. The van der Waals surface area contributed by atoms with Gasteiger partial charge in [0.2, 0.25) is 11.6 Å². The van der Waals surface area contributed by atoms with Crippen molar-refractivity contribution in [2.75, 3.05) is 0 Å². The Morgan fingerprint density at radius 3 is 2.30 bits per heavy atom. The normalized spacial score (nSPS) is 20.3. The number of rotatable bonds is 4. The monoisotopic (exact) mass is 390 g/mol. The number of amides is 1. The van der Waals surface area contributed by atoms with Crippen molar-refractivity contribution in [3.63, 3.8) is 0 Å². The largest absolute Gasteiger partial charge is 0.490 e. The number of ether oxygens (including phenoxy) is 1. The molecule has 2 aromatic rings. The lowest BCUT2D eigenvalue weighted by Gasteiger charge is -2.29. The lowest BCUT2D eigenvalue weighted by Crippen LogP contribution is -2.40. The molecule has 1 aromatic heterocycles. The molecule has 1 aromatic carbocycles. The molecule has 27 heavy (non-hydrogen) atoms. The van der Waals surface area contributed by atoms with Crippen LogP contribution in [0.25, 0.3) is 0 Å². The van der Waals surface area contributed by atoms with Crippen LogP contribution in [-0.2, 0) is 6.18 Å². The molecule has 6 nitrogen and oxygen atoms in total. The summed E-state index contributed by atoms with van der Waals surface area (Å²) in [4.78, 5) is 15.1. The third-order valence-electron chi connectivity index (χ3n) is 4.11. The van der Waals surface area contributed by atoms with E-state index in [1.54, 1.807) is 5.10 Å². The van der Waals surface area contributed by atoms with Crippen molar-refractivity contribution in [1.29, 1.82) is 0 Å². The molecule has 146 valence electrons. The zero-order valence-electron chi connectivity index (χ0n) is 13.8. The Morgan fingerprint density at radius 1 is 1.11 bits per heavy atom. The predicted octanol–water partition coefficient (Wildman–Crippen LogP) is 3.22. The summed E-state index contributed by atoms with van der Waals surface area (Å²) in [7, 11) is 0. The molecule has 1 fully saturated rings. The second-order valence-corrected chi connectivity index (χ2v) is 6.18. The van der Waals surface area contributed by atoms with E-state index in [1.807, 2.05) is 0 Å². The van der Waals surface area contributed by atoms with E-state index >= 15 is 0 Å². The number of hydrogen-bond acceptors (Lipinski definition) is 4. The van der Waals surface area contributed by atoms with Gasteiger partial charge in [-0.2, -0.15) is 18.2 Å². The summed E-state index contributed by atoms with van der Waals surface area (Å²) in [5.41, 5.74) is 0. The molecule has 0 unspecified atom stereocenters. The maximum Gasteiger partial charge on any atom is 0.451 e. The van der Waals surface area contributed by atoms with Gasteiger partial charge in [0, 0.05) is 24.2 Å². The summed E-state index contributed by atoms with van der Waals surface area (Å²) >= 11 is 0. The molecule has 1 amide bonds. The molecule has 1 aliphatic carbocycles. The van der Waals surface area contributed by atoms with Gasteiger partial charge in [-0.25, -0.2) is 8.78 Å². The van der Waals surface area contributed by atoms with Crippen molar-refractivity contribution in [1.82, 2.24) is 20.5 Å². The van der Waals surface area contributed by atoms with E-state index in [-0.39, 0.29) is 17.9 Å². The van der Waals surface area contributed by atoms with Crippen LogP contribution in [0.3, 0.4) is 0 Å². The average molecular weight is 390 g/mol. The Morgan fingerprint density at radius 2 is 1.74 bits per heavy atom. The summed E-state index contributed by atoms with van der Waals surface area (Å²) in [5.74, 6) is -4.13. The van der Waals surface area contributed by atoms with E-state index in [1.165, 1.54) is 0 Å². The number of nitrogens with zero attached hydrogens (tertiary/aromatic N) is 2. The molecule has 0 aliphatic heterocycles.